The fourth-order valence-corrected chi connectivity index (χ4v) is 2.81. The van der Waals surface area contributed by atoms with Crippen molar-refractivity contribution in [3.8, 4) is 11.8 Å². The van der Waals surface area contributed by atoms with Crippen molar-refractivity contribution in [3.05, 3.63) is 65.2 Å². The van der Waals surface area contributed by atoms with Crippen LogP contribution in [0, 0.1) is 11.8 Å². The molecule has 0 spiro atoms. The lowest BCUT2D eigenvalue weighted by molar-refractivity contribution is 0.865. The summed E-state index contributed by atoms with van der Waals surface area (Å²) in [5.74, 6) is 7.48. The van der Waals surface area contributed by atoms with E-state index in [4.69, 9.17) is 5.73 Å². The third kappa shape index (κ3) is 4.97. The van der Waals surface area contributed by atoms with Crippen molar-refractivity contribution in [1.29, 1.82) is 0 Å². The third-order valence-corrected chi connectivity index (χ3v) is 4.32. The molecule has 2 rings (SSSR count). The summed E-state index contributed by atoms with van der Waals surface area (Å²) in [7, 11) is 0. The molecule has 2 N–H and O–H groups in total. The highest BCUT2D eigenvalue weighted by molar-refractivity contribution is 7.98. The van der Waals surface area contributed by atoms with Crippen molar-refractivity contribution in [1.82, 2.24) is 0 Å². The monoisotopic (exact) mass is 295 g/mol. The Bertz CT molecular complexity index is 615. The minimum atomic E-state index is 0.407. The number of thioether (sulfide) groups is 1. The van der Waals surface area contributed by atoms with Crippen LogP contribution in [0.1, 0.15) is 36.5 Å². The molecule has 2 aromatic rings. The standard InChI is InChI=1S/C19H21NS/c1-15(2)18-9-11-19(12-10-18)21-14-17-7-5-16(6-8-17)4-3-13-20/h5-12,15H,13-14,20H2,1-2H3. The summed E-state index contributed by atoms with van der Waals surface area (Å²) in [6, 6.07) is 17.2. The van der Waals surface area contributed by atoms with E-state index in [1.165, 1.54) is 16.0 Å². The lowest BCUT2D eigenvalue weighted by Crippen LogP contribution is -1.93. The maximum Gasteiger partial charge on any atom is 0.0555 e. The van der Waals surface area contributed by atoms with Crippen molar-refractivity contribution < 1.29 is 0 Å². The topological polar surface area (TPSA) is 26.0 Å². The average Bonchev–Trinajstić information content (AvgIpc) is 2.52. The molecule has 0 fully saturated rings. The molecule has 0 heterocycles. The zero-order valence-corrected chi connectivity index (χ0v) is 13.4. The molecular weight excluding hydrogens is 274 g/mol. The molecule has 0 radical (unpaired) electrons. The zero-order valence-electron chi connectivity index (χ0n) is 12.6. The predicted molar refractivity (Wildman–Crippen MR) is 92.5 cm³/mol. The van der Waals surface area contributed by atoms with Crippen LogP contribution in [0.3, 0.4) is 0 Å². The molecule has 0 aromatic heterocycles. The van der Waals surface area contributed by atoms with Crippen LogP contribution in [0.15, 0.2) is 53.4 Å². The molecule has 0 atom stereocenters. The molecule has 0 aliphatic carbocycles. The smallest absolute Gasteiger partial charge is 0.0555 e. The summed E-state index contributed by atoms with van der Waals surface area (Å²) in [4.78, 5) is 1.31. The van der Waals surface area contributed by atoms with E-state index in [1.54, 1.807) is 0 Å². The van der Waals surface area contributed by atoms with Gasteiger partial charge < -0.3 is 5.73 Å². The van der Waals surface area contributed by atoms with E-state index in [2.05, 4.69) is 74.2 Å². The lowest BCUT2D eigenvalue weighted by atomic mass is 10.0. The molecule has 0 amide bonds. The molecular formula is C19H21NS. The van der Waals surface area contributed by atoms with Crippen LogP contribution >= 0.6 is 11.8 Å². The van der Waals surface area contributed by atoms with Crippen LogP contribution in [0.25, 0.3) is 0 Å². The molecule has 2 aromatic carbocycles. The molecule has 1 nitrogen and oxygen atoms in total. The molecule has 21 heavy (non-hydrogen) atoms. The van der Waals surface area contributed by atoms with Crippen molar-refractivity contribution >= 4 is 11.8 Å². The van der Waals surface area contributed by atoms with Gasteiger partial charge in [0, 0.05) is 16.2 Å². The summed E-state index contributed by atoms with van der Waals surface area (Å²) < 4.78 is 0. The van der Waals surface area contributed by atoms with Crippen molar-refractivity contribution in [2.75, 3.05) is 6.54 Å². The van der Waals surface area contributed by atoms with Gasteiger partial charge in [0.15, 0.2) is 0 Å². The van der Waals surface area contributed by atoms with E-state index in [0.29, 0.717) is 12.5 Å². The fourth-order valence-electron chi connectivity index (χ4n) is 1.95. The largest absolute Gasteiger partial charge is 0.320 e. The van der Waals surface area contributed by atoms with Crippen LogP contribution < -0.4 is 5.73 Å². The Morgan fingerprint density at radius 3 is 2.24 bits per heavy atom. The van der Waals surface area contributed by atoms with E-state index < -0.39 is 0 Å². The third-order valence-electron chi connectivity index (χ3n) is 3.24. The summed E-state index contributed by atoms with van der Waals surface area (Å²) in [5, 5.41) is 0. The van der Waals surface area contributed by atoms with E-state index in [1.807, 2.05) is 11.8 Å². The second kappa shape index (κ2) is 7.93. The lowest BCUT2D eigenvalue weighted by Gasteiger charge is -2.07. The van der Waals surface area contributed by atoms with Crippen molar-refractivity contribution in [2.45, 2.75) is 30.4 Å². The fraction of sp³-hybridized carbons (Fsp3) is 0.263. The van der Waals surface area contributed by atoms with Gasteiger partial charge in [-0.05, 0) is 41.3 Å². The van der Waals surface area contributed by atoms with Crippen LogP contribution in [-0.4, -0.2) is 6.54 Å². The minimum Gasteiger partial charge on any atom is -0.320 e. The van der Waals surface area contributed by atoms with Crippen LogP contribution in [0.5, 0.6) is 0 Å². The van der Waals surface area contributed by atoms with E-state index in [-0.39, 0.29) is 0 Å². The summed E-state index contributed by atoms with van der Waals surface area (Å²) in [6.45, 7) is 4.85. The Morgan fingerprint density at radius 2 is 1.67 bits per heavy atom. The molecule has 0 saturated heterocycles. The molecule has 0 saturated carbocycles. The van der Waals surface area contributed by atoms with Gasteiger partial charge in [-0.3, -0.25) is 0 Å². The summed E-state index contributed by atoms with van der Waals surface area (Å²) in [6.07, 6.45) is 0. The first-order valence-corrected chi connectivity index (χ1v) is 8.18. The SMILES string of the molecule is CC(C)c1ccc(SCc2ccc(C#CCN)cc2)cc1. The highest BCUT2D eigenvalue weighted by Gasteiger charge is 2.00. The number of nitrogens with two attached hydrogens (primary N) is 1. The Balaban J connectivity index is 1.93. The molecule has 108 valence electrons. The van der Waals surface area contributed by atoms with E-state index in [9.17, 15) is 0 Å². The summed E-state index contributed by atoms with van der Waals surface area (Å²) >= 11 is 1.86. The minimum absolute atomic E-state index is 0.407. The normalized spacial score (nSPS) is 10.3. The molecule has 0 aliphatic heterocycles. The van der Waals surface area contributed by atoms with Gasteiger partial charge in [0.1, 0.15) is 0 Å². The van der Waals surface area contributed by atoms with Gasteiger partial charge in [-0.2, -0.15) is 0 Å². The van der Waals surface area contributed by atoms with Gasteiger partial charge in [-0.25, -0.2) is 0 Å². The van der Waals surface area contributed by atoms with Crippen LogP contribution in [0.4, 0.5) is 0 Å². The Morgan fingerprint density at radius 1 is 1.00 bits per heavy atom. The second-order valence-corrected chi connectivity index (χ2v) is 6.26. The first kappa shape index (κ1) is 15.7. The molecule has 0 aliphatic rings. The number of rotatable bonds is 4. The van der Waals surface area contributed by atoms with Gasteiger partial charge in [0.2, 0.25) is 0 Å². The second-order valence-electron chi connectivity index (χ2n) is 5.22. The van der Waals surface area contributed by atoms with Gasteiger partial charge in [-0.1, -0.05) is 50.0 Å². The first-order valence-electron chi connectivity index (χ1n) is 7.19. The quantitative estimate of drug-likeness (QED) is 0.668. The Hall–Kier alpha value is -1.69. The van der Waals surface area contributed by atoms with Gasteiger partial charge in [-0.15, -0.1) is 11.8 Å². The predicted octanol–water partition coefficient (Wildman–Crippen LogP) is 4.41. The molecule has 2 heteroatoms. The van der Waals surface area contributed by atoms with E-state index >= 15 is 0 Å². The number of hydrogen-bond donors (Lipinski definition) is 1. The van der Waals surface area contributed by atoms with E-state index in [0.717, 1.165) is 11.3 Å². The van der Waals surface area contributed by atoms with Gasteiger partial charge in [0.25, 0.3) is 0 Å². The molecule has 0 unspecified atom stereocenters. The maximum absolute atomic E-state index is 5.37. The highest BCUT2D eigenvalue weighted by Crippen LogP contribution is 2.25. The average molecular weight is 295 g/mol. The Kier molecular flexibility index (Phi) is 5.92. The van der Waals surface area contributed by atoms with Crippen molar-refractivity contribution in [3.63, 3.8) is 0 Å². The van der Waals surface area contributed by atoms with Crippen LogP contribution in [0.2, 0.25) is 0 Å². The van der Waals surface area contributed by atoms with Gasteiger partial charge in [0.05, 0.1) is 6.54 Å². The van der Waals surface area contributed by atoms with Gasteiger partial charge >= 0.3 is 0 Å². The highest BCUT2D eigenvalue weighted by atomic mass is 32.2. The van der Waals surface area contributed by atoms with Crippen molar-refractivity contribution in [2.24, 2.45) is 5.73 Å². The Labute approximate surface area is 132 Å². The zero-order chi connectivity index (χ0) is 15.1. The summed E-state index contributed by atoms with van der Waals surface area (Å²) in [5.41, 5.74) is 9.10. The number of hydrogen-bond acceptors (Lipinski definition) is 2. The first-order chi connectivity index (χ1) is 10.2. The van der Waals surface area contributed by atoms with Crippen LogP contribution in [-0.2, 0) is 5.75 Å². The molecule has 0 bridgehead atoms. The number of benzene rings is 2. The maximum atomic E-state index is 5.37.